The van der Waals surface area contributed by atoms with Gasteiger partial charge in [0.25, 0.3) is 0 Å². The highest BCUT2D eigenvalue weighted by atomic mass is 32.1. The zero-order chi connectivity index (χ0) is 14.7. The summed E-state index contributed by atoms with van der Waals surface area (Å²) in [6, 6.07) is 12.4. The molecule has 2 aromatic heterocycles. The highest BCUT2D eigenvalue weighted by Gasteiger charge is 2.10. The van der Waals surface area contributed by atoms with Gasteiger partial charge >= 0.3 is 0 Å². The van der Waals surface area contributed by atoms with Crippen LogP contribution in [0.15, 0.2) is 54.2 Å². The first-order chi connectivity index (χ1) is 10.2. The summed E-state index contributed by atoms with van der Waals surface area (Å²) in [5.74, 6) is 0.751. The van der Waals surface area contributed by atoms with Crippen molar-refractivity contribution in [2.45, 2.75) is 19.9 Å². The molecule has 0 spiro atoms. The van der Waals surface area contributed by atoms with E-state index in [-0.39, 0.29) is 6.04 Å². The van der Waals surface area contributed by atoms with Crippen LogP contribution in [0.25, 0.3) is 11.4 Å². The van der Waals surface area contributed by atoms with Crippen LogP contribution in [0.4, 0.5) is 5.69 Å². The molecule has 0 fully saturated rings. The number of benzene rings is 1. The summed E-state index contributed by atoms with van der Waals surface area (Å²) in [5.41, 5.74) is 3.29. The number of aromatic nitrogens is 2. The first kappa shape index (κ1) is 13.8. The Morgan fingerprint density at radius 3 is 2.38 bits per heavy atom. The summed E-state index contributed by atoms with van der Waals surface area (Å²) in [6.07, 6.45) is 3.68. The van der Waals surface area contributed by atoms with Gasteiger partial charge in [-0.05, 0) is 30.9 Å². The van der Waals surface area contributed by atoms with Gasteiger partial charge in [-0.2, -0.15) is 0 Å². The van der Waals surface area contributed by atoms with Crippen molar-refractivity contribution in [3.63, 3.8) is 0 Å². The van der Waals surface area contributed by atoms with Crippen molar-refractivity contribution in [2.24, 2.45) is 0 Å². The number of thiophene rings is 1. The first-order valence-corrected chi connectivity index (χ1v) is 7.80. The molecule has 0 bridgehead atoms. The summed E-state index contributed by atoms with van der Waals surface area (Å²) in [6.45, 7) is 4.29. The number of rotatable bonds is 4. The summed E-state index contributed by atoms with van der Waals surface area (Å²) >= 11 is 1.77. The van der Waals surface area contributed by atoms with Crippen molar-refractivity contribution >= 4 is 17.0 Å². The standard InChI is InChI=1S/C17H17N3S/c1-12-8-9-21-16(12)13(2)20-15-10-18-17(19-11-15)14-6-4-3-5-7-14/h3-11,13,20H,1-2H3. The zero-order valence-corrected chi connectivity index (χ0v) is 12.9. The average Bonchev–Trinajstić information content (AvgIpc) is 2.95. The molecule has 0 aliphatic heterocycles. The lowest BCUT2D eigenvalue weighted by atomic mass is 10.2. The fourth-order valence-electron chi connectivity index (χ4n) is 2.28. The molecule has 0 saturated carbocycles. The van der Waals surface area contributed by atoms with Crippen LogP contribution in [-0.4, -0.2) is 9.97 Å². The van der Waals surface area contributed by atoms with E-state index in [1.165, 1.54) is 10.4 Å². The van der Waals surface area contributed by atoms with E-state index in [0.717, 1.165) is 17.1 Å². The van der Waals surface area contributed by atoms with Gasteiger partial charge in [0, 0.05) is 10.4 Å². The van der Waals surface area contributed by atoms with E-state index in [9.17, 15) is 0 Å². The van der Waals surface area contributed by atoms with E-state index in [1.54, 1.807) is 11.3 Å². The molecule has 3 nitrogen and oxygen atoms in total. The Kier molecular flexibility index (Phi) is 3.97. The molecule has 0 amide bonds. The van der Waals surface area contributed by atoms with Crippen LogP contribution in [0.1, 0.15) is 23.4 Å². The molecule has 2 heterocycles. The third kappa shape index (κ3) is 3.11. The molecule has 1 unspecified atom stereocenters. The highest BCUT2D eigenvalue weighted by molar-refractivity contribution is 7.10. The zero-order valence-electron chi connectivity index (χ0n) is 12.1. The number of nitrogens with one attached hydrogen (secondary N) is 1. The normalized spacial score (nSPS) is 12.1. The number of aryl methyl sites for hydroxylation is 1. The molecule has 0 radical (unpaired) electrons. The van der Waals surface area contributed by atoms with E-state index in [4.69, 9.17) is 0 Å². The minimum absolute atomic E-state index is 0.260. The average molecular weight is 295 g/mol. The maximum Gasteiger partial charge on any atom is 0.159 e. The molecular weight excluding hydrogens is 278 g/mol. The Hall–Kier alpha value is -2.20. The van der Waals surface area contributed by atoms with Gasteiger partial charge in [0.15, 0.2) is 5.82 Å². The predicted octanol–water partition coefficient (Wildman–Crippen LogP) is 4.69. The molecule has 3 rings (SSSR count). The lowest BCUT2D eigenvalue weighted by Crippen LogP contribution is -2.06. The summed E-state index contributed by atoms with van der Waals surface area (Å²) in [7, 11) is 0. The molecule has 1 aromatic carbocycles. The van der Waals surface area contributed by atoms with Gasteiger partial charge in [0.05, 0.1) is 24.1 Å². The van der Waals surface area contributed by atoms with Gasteiger partial charge in [0.1, 0.15) is 0 Å². The Morgan fingerprint density at radius 1 is 1.05 bits per heavy atom. The van der Waals surface area contributed by atoms with Crippen LogP contribution in [-0.2, 0) is 0 Å². The van der Waals surface area contributed by atoms with Gasteiger partial charge in [0.2, 0.25) is 0 Å². The fraction of sp³-hybridized carbons (Fsp3) is 0.176. The predicted molar refractivity (Wildman–Crippen MR) is 88.6 cm³/mol. The first-order valence-electron chi connectivity index (χ1n) is 6.92. The molecule has 0 aliphatic rings. The van der Waals surface area contributed by atoms with Crippen LogP contribution in [0.2, 0.25) is 0 Å². The Bertz CT molecular complexity index is 704. The molecule has 1 N–H and O–H groups in total. The van der Waals surface area contributed by atoms with E-state index < -0.39 is 0 Å². The van der Waals surface area contributed by atoms with Gasteiger partial charge in [-0.1, -0.05) is 30.3 Å². The van der Waals surface area contributed by atoms with Gasteiger partial charge < -0.3 is 5.32 Å². The van der Waals surface area contributed by atoms with Gasteiger partial charge in [-0.15, -0.1) is 11.3 Å². The second kappa shape index (κ2) is 6.06. The Balaban J connectivity index is 1.75. The quantitative estimate of drug-likeness (QED) is 0.759. The number of anilines is 1. The third-order valence-corrected chi connectivity index (χ3v) is 4.56. The van der Waals surface area contributed by atoms with Crippen molar-refractivity contribution in [1.82, 2.24) is 9.97 Å². The molecule has 3 aromatic rings. The van der Waals surface area contributed by atoms with Crippen LogP contribution in [0, 0.1) is 6.92 Å². The van der Waals surface area contributed by atoms with Crippen molar-refractivity contribution in [3.8, 4) is 11.4 Å². The third-order valence-electron chi connectivity index (χ3n) is 3.36. The molecular formula is C17H17N3S. The Labute approximate surface area is 128 Å². The summed E-state index contributed by atoms with van der Waals surface area (Å²) in [5, 5.41) is 5.57. The van der Waals surface area contributed by atoms with Crippen molar-refractivity contribution < 1.29 is 0 Å². The van der Waals surface area contributed by atoms with E-state index in [0.29, 0.717) is 0 Å². The smallest absolute Gasteiger partial charge is 0.159 e. The minimum atomic E-state index is 0.260. The van der Waals surface area contributed by atoms with E-state index >= 15 is 0 Å². The van der Waals surface area contributed by atoms with Crippen molar-refractivity contribution in [1.29, 1.82) is 0 Å². The molecule has 4 heteroatoms. The van der Waals surface area contributed by atoms with Crippen molar-refractivity contribution in [3.05, 3.63) is 64.6 Å². The molecule has 1 atom stereocenters. The molecule has 106 valence electrons. The van der Waals surface area contributed by atoms with Crippen LogP contribution >= 0.6 is 11.3 Å². The lowest BCUT2D eigenvalue weighted by molar-refractivity contribution is 0.894. The minimum Gasteiger partial charge on any atom is -0.375 e. The lowest BCUT2D eigenvalue weighted by Gasteiger charge is -2.14. The summed E-state index contributed by atoms with van der Waals surface area (Å²) in [4.78, 5) is 10.2. The van der Waals surface area contributed by atoms with Crippen LogP contribution in [0.5, 0.6) is 0 Å². The molecule has 21 heavy (non-hydrogen) atoms. The SMILES string of the molecule is Cc1ccsc1C(C)Nc1cnc(-c2ccccc2)nc1. The molecule has 0 saturated heterocycles. The monoisotopic (exact) mass is 295 g/mol. The van der Waals surface area contributed by atoms with Crippen LogP contribution < -0.4 is 5.32 Å². The maximum absolute atomic E-state index is 4.44. The topological polar surface area (TPSA) is 37.8 Å². The van der Waals surface area contributed by atoms with Crippen molar-refractivity contribution in [2.75, 3.05) is 5.32 Å². The van der Waals surface area contributed by atoms with Gasteiger partial charge in [-0.25, -0.2) is 9.97 Å². The largest absolute Gasteiger partial charge is 0.375 e. The van der Waals surface area contributed by atoms with E-state index in [1.807, 2.05) is 42.7 Å². The fourth-order valence-corrected chi connectivity index (χ4v) is 3.22. The number of hydrogen-bond donors (Lipinski definition) is 1. The number of nitrogens with zero attached hydrogens (tertiary/aromatic N) is 2. The second-order valence-corrected chi connectivity index (χ2v) is 5.94. The maximum atomic E-state index is 4.44. The van der Waals surface area contributed by atoms with Crippen LogP contribution in [0.3, 0.4) is 0 Å². The Morgan fingerprint density at radius 2 is 1.76 bits per heavy atom. The van der Waals surface area contributed by atoms with E-state index in [2.05, 4.69) is 40.6 Å². The second-order valence-electron chi connectivity index (χ2n) is 5.00. The summed E-state index contributed by atoms with van der Waals surface area (Å²) < 4.78 is 0. The van der Waals surface area contributed by atoms with Gasteiger partial charge in [-0.3, -0.25) is 0 Å². The molecule has 0 aliphatic carbocycles. The number of hydrogen-bond acceptors (Lipinski definition) is 4. The highest BCUT2D eigenvalue weighted by Crippen LogP contribution is 2.26.